The van der Waals surface area contributed by atoms with Crippen LogP contribution in [0.4, 0.5) is 4.39 Å². The predicted molar refractivity (Wildman–Crippen MR) is 117 cm³/mol. The van der Waals surface area contributed by atoms with Crippen LogP contribution in [0.25, 0.3) is 0 Å². The first kappa shape index (κ1) is 21.8. The van der Waals surface area contributed by atoms with Crippen LogP contribution in [0.15, 0.2) is 24.3 Å². The average molecular weight is 417 g/mol. The molecule has 1 atom stereocenters. The topological polar surface area (TPSA) is 32.8 Å². The fourth-order valence-electron chi connectivity index (χ4n) is 5.43. The van der Waals surface area contributed by atoms with Gasteiger partial charge in [0.05, 0.1) is 5.60 Å². The van der Waals surface area contributed by atoms with Crippen LogP contribution >= 0.6 is 0 Å². The number of likely N-dealkylation sites (tertiary alicyclic amines) is 1. The van der Waals surface area contributed by atoms with E-state index in [0.717, 1.165) is 64.8 Å². The van der Waals surface area contributed by atoms with Crippen molar-refractivity contribution in [2.24, 2.45) is 5.92 Å². The summed E-state index contributed by atoms with van der Waals surface area (Å²) in [7, 11) is 0. The van der Waals surface area contributed by atoms with Crippen LogP contribution in [-0.4, -0.2) is 53.1 Å². The van der Waals surface area contributed by atoms with Gasteiger partial charge in [-0.25, -0.2) is 4.39 Å². The molecular weight excluding hydrogens is 379 g/mol. The Morgan fingerprint density at radius 2 is 1.80 bits per heavy atom. The Balaban J connectivity index is 1.39. The monoisotopic (exact) mass is 416 g/mol. The number of nitrogens with zero attached hydrogens (tertiary/aromatic N) is 2. The largest absolute Gasteiger partial charge is 0.375 e. The number of hydrogen-bond acceptors (Lipinski definition) is 3. The van der Waals surface area contributed by atoms with Gasteiger partial charge in [-0.1, -0.05) is 26.0 Å². The van der Waals surface area contributed by atoms with E-state index in [9.17, 15) is 9.18 Å². The third-order valence-corrected chi connectivity index (χ3v) is 7.55. The molecule has 3 fully saturated rings. The molecule has 1 aliphatic carbocycles. The van der Waals surface area contributed by atoms with Gasteiger partial charge in [-0.3, -0.25) is 9.69 Å². The van der Waals surface area contributed by atoms with Crippen molar-refractivity contribution >= 4 is 5.91 Å². The highest BCUT2D eigenvalue weighted by Crippen LogP contribution is 2.41. The van der Waals surface area contributed by atoms with E-state index in [2.05, 4.69) is 23.6 Å². The van der Waals surface area contributed by atoms with Crippen molar-refractivity contribution in [2.75, 3.05) is 19.7 Å². The van der Waals surface area contributed by atoms with E-state index in [4.69, 9.17) is 4.74 Å². The summed E-state index contributed by atoms with van der Waals surface area (Å²) in [6.07, 6.45) is 8.40. The minimum absolute atomic E-state index is 0.0798. The number of halogens is 1. The van der Waals surface area contributed by atoms with E-state index >= 15 is 0 Å². The molecule has 0 aromatic heterocycles. The van der Waals surface area contributed by atoms with Crippen molar-refractivity contribution in [1.82, 2.24) is 9.80 Å². The van der Waals surface area contributed by atoms with Gasteiger partial charge in [0.1, 0.15) is 5.82 Å². The maximum absolute atomic E-state index is 13.3. The fourth-order valence-corrected chi connectivity index (χ4v) is 5.43. The van der Waals surface area contributed by atoms with Crippen molar-refractivity contribution in [3.05, 3.63) is 35.6 Å². The first-order valence-corrected chi connectivity index (χ1v) is 12.0. The van der Waals surface area contributed by atoms with Crippen molar-refractivity contribution < 1.29 is 13.9 Å². The van der Waals surface area contributed by atoms with Crippen LogP contribution in [0.2, 0.25) is 0 Å². The Morgan fingerprint density at radius 3 is 2.40 bits per heavy atom. The van der Waals surface area contributed by atoms with E-state index in [1.54, 1.807) is 12.1 Å². The molecule has 0 bridgehead atoms. The van der Waals surface area contributed by atoms with Crippen molar-refractivity contribution in [3.8, 4) is 0 Å². The zero-order valence-corrected chi connectivity index (χ0v) is 18.6. The van der Waals surface area contributed by atoms with Crippen molar-refractivity contribution in [3.63, 3.8) is 0 Å². The molecular formula is C25H37FN2O2. The molecule has 0 N–H and O–H groups in total. The van der Waals surface area contributed by atoms with Gasteiger partial charge in [0.2, 0.25) is 5.91 Å². The van der Waals surface area contributed by atoms with Crippen LogP contribution in [0.3, 0.4) is 0 Å². The third-order valence-electron chi connectivity index (χ3n) is 7.55. The summed E-state index contributed by atoms with van der Waals surface area (Å²) in [6, 6.07) is 8.14. The average Bonchev–Trinajstić information content (AvgIpc) is 3.60. The normalized spacial score (nSPS) is 24.0. The van der Waals surface area contributed by atoms with Gasteiger partial charge in [0.25, 0.3) is 0 Å². The smallest absolute Gasteiger partial charge is 0.225 e. The summed E-state index contributed by atoms with van der Waals surface area (Å²) < 4.78 is 19.7. The van der Waals surface area contributed by atoms with Gasteiger partial charge in [0, 0.05) is 44.2 Å². The summed E-state index contributed by atoms with van der Waals surface area (Å²) in [5, 5.41) is 0. The van der Waals surface area contributed by atoms with E-state index < -0.39 is 0 Å². The summed E-state index contributed by atoms with van der Waals surface area (Å²) in [4.78, 5) is 17.5. The van der Waals surface area contributed by atoms with Crippen LogP contribution < -0.4 is 0 Å². The Bertz CT molecular complexity index is 706. The lowest BCUT2D eigenvalue weighted by Crippen LogP contribution is -2.55. The molecule has 2 aliphatic heterocycles. The molecule has 3 aliphatic rings. The molecule has 1 amide bonds. The maximum Gasteiger partial charge on any atom is 0.225 e. The molecule has 30 heavy (non-hydrogen) atoms. The summed E-state index contributed by atoms with van der Waals surface area (Å²) in [6.45, 7) is 7.57. The third kappa shape index (κ3) is 4.88. The van der Waals surface area contributed by atoms with Crippen LogP contribution in [0, 0.1) is 11.7 Å². The molecule has 2 saturated heterocycles. The number of benzene rings is 1. The highest BCUT2D eigenvalue weighted by atomic mass is 19.1. The summed E-state index contributed by atoms with van der Waals surface area (Å²) >= 11 is 0. The first-order valence-electron chi connectivity index (χ1n) is 12.0. The minimum Gasteiger partial charge on any atom is -0.375 e. The number of carbonyl (C=O) groups is 1. The van der Waals surface area contributed by atoms with E-state index in [0.29, 0.717) is 18.0 Å². The van der Waals surface area contributed by atoms with E-state index in [-0.39, 0.29) is 17.3 Å². The lowest BCUT2D eigenvalue weighted by atomic mass is 9.81. The van der Waals surface area contributed by atoms with Gasteiger partial charge in [-0.15, -0.1) is 0 Å². The van der Waals surface area contributed by atoms with Crippen LogP contribution in [0.5, 0.6) is 0 Å². The summed E-state index contributed by atoms with van der Waals surface area (Å²) in [5.41, 5.74) is 1.11. The number of amides is 1. The van der Waals surface area contributed by atoms with Crippen molar-refractivity contribution in [2.45, 2.75) is 89.4 Å². The lowest BCUT2D eigenvalue weighted by Gasteiger charge is -2.49. The zero-order valence-electron chi connectivity index (χ0n) is 18.6. The summed E-state index contributed by atoms with van der Waals surface area (Å²) in [5.74, 6) is 0.328. The maximum atomic E-state index is 13.3. The van der Waals surface area contributed by atoms with Crippen LogP contribution in [-0.2, 0) is 16.1 Å². The Morgan fingerprint density at radius 1 is 1.13 bits per heavy atom. The fraction of sp³-hybridized carbons (Fsp3) is 0.720. The molecule has 4 nitrogen and oxygen atoms in total. The van der Waals surface area contributed by atoms with E-state index in [1.165, 1.54) is 18.4 Å². The molecule has 2 heterocycles. The Hall–Kier alpha value is -1.46. The highest BCUT2D eigenvalue weighted by Gasteiger charge is 2.45. The van der Waals surface area contributed by atoms with Gasteiger partial charge in [-0.05, 0) is 69.1 Å². The van der Waals surface area contributed by atoms with Gasteiger partial charge >= 0.3 is 0 Å². The molecule has 4 rings (SSSR count). The minimum atomic E-state index is -0.170. The predicted octanol–water partition coefficient (Wildman–Crippen LogP) is 4.77. The zero-order chi connectivity index (χ0) is 21.1. The molecule has 1 aromatic rings. The number of piperidine rings is 1. The second kappa shape index (κ2) is 9.35. The first-order chi connectivity index (χ1) is 14.5. The molecule has 166 valence electrons. The number of carbonyl (C=O) groups excluding carboxylic acids is 1. The number of ether oxygens (including phenoxy) is 1. The molecule has 1 unspecified atom stereocenters. The second-order valence-electron chi connectivity index (χ2n) is 9.55. The van der Waals surface area contributed by atoms with Gasteiger partial charge in [-0.2, -0.15) is 0 Å². The SMILES string of the molecule is CCC(CC)C(=O)N1CCC2(CC1)CC(N(Cc1ccc(F)cc1)C1CC1)CCO2. The quantitative estimate of drug-likeness (QED) is 0.642. The molecule has 1 spiro atoms. The van der Waals surface area contributed by atoms with Gasteiger partial charge in [0.15, 0.2) is 0 Å². The number of rotatable bonds is 7. The molecule has 5 heteroatoms. The number of hydrogen-bond donors (Lipinski definition) is 0. The molecule has 1 aromatic carbocycles. The Kier molecular flexibility index (Phi) is 6.78. The van der Waals surface area contributed by atoms with E-state index in [1.807, 2.05) is 12.1 Å². The van der Waals surface area contributed by atoms with Gasteiger partial charge < -0.3 is 9.64 Å². The highest BCUT2D eigenvalue weighted by molar-refractivity contribution is 5.78. The Labute approximate surface area is 180 Å². The molecule has 1 saturated carbocycles. The standard InChI is InChI=1S/C25H37FN2O2/c1-3-20(4-2)24(29)27-14-12-25(13-15-27)17-23(11-16-30-25)28(22-9-10-22)18-19-5-7-21(26)8-6-19/h5-8,20,22-23H,3-4,9-18H2,1-2H3. The van der Waals surface area contributed by atoms with Crippen molar-refractivity contribution in [1.29, 1.82) is 0 Å². The second-order valence-corrected chi connectivity index (χ2v) is 9.55. The van der Waals surface area contributed by atoms with Crippen LogP contribution in [0.1, 0.15) is 70.8 Å². The lowest BCUT2D eigenvalue weighted by molar-refractivity contribution is -0.153. The molecule has 0 radical (unpaired) electrons.